The first-order valence-electron chi connectivity index (χ1n) is 11.4. The average Bonchev–Trinajstić information content (AvgIpc) is 3.06. The number of phenols is 1. The lowest BCUT2D eigenvalue weighted by molar-refractivity contribution is 0.0971. The summed E-state index contributed by atoms with van der Waals surface area (Å²) in [4.78, 5) is 13.5. The molecule has 35 heavy (non-hydrogen) atoms. The Hall–Kier alpha value is -3.16. The lowest BCUT2D eigenvalue weighted by atomic mass is 9.83. The van der Waals surface area contributed by atoms with Crippen LogP contribution in [0, 0.1) is 5.41 Å². The Morgan fingerprint density at radius 3 is 2.17 bits per heavy atom. The van der Waals surface area contributed by atoms with Crippen LogP contribution in [0.2, 0.25) is 0 Å². The van der Waals surface area contributed by atoms with Gasteiger partial charge in [-0.05, 0) is 35.2 Å². The molecule has 0 bridgehead atoms. The summed E-state index contributed by atoms with van der Waals surface area (Å²) in [7, 11) is 1.56. The van der Waals surface area contributed by atoms with Crippen molar-refractivity contribution in [3.63, 3.8) is 0 Å². The number of phenolic OH excluding ortho intramolecular Hbond substituents is 1. The molecule has 0 spiro atoms. The van der Waals surface area contributed by atoms with Gasteiger partial charge in [-0.15, -0.1) is 17.0 Å². The zero-order valence-electron chi connectivity index (χ0n) is 20.5. The van der Waals surface area contributed by atoms with Crippen molar-refractivity contribution in [1.82, 2.24) is 9.13 Å². The number of hydrogen-bond donors (Lipinski definition) is 2. The fraction of sp³-hybridized carbons (Fsp3) is 0.286. The van der Waals surface area contributed by atoms with Crippen LogP contribution in [0.25, 0.3) is 11.0 Å². The first-order valence-corrected chi connectivity index (χ1v) is 11.4. The zero-order chi connectivity index (χ0) is 24.5. The third kappa shape index (κ3) is 5.41. The number of nitrogens with zero attached hydrogens (tertiary/aromatic N) is 2. The van der Waals surface area contributed by atoms with Crippen molar-refractivity contribution in [2.24, 2.45) is 0 Å². The predicted molar refractivity (Wildman–Crippen MR) is 143 cm³/mol. The molecule has 0 aliphatic heterocycles. The number of aromatic nitrogens is 2. The van der Waals surface area contributed by atoms with Crippen LogP contribution < -0.4 is 5.62 Å². The maximum Gasteiger partial charge on any atom is 0.203 e. The highest BCUT2D eigenvalue weighted by atomic mass is 79.9. The van der Waals surface area contributed by atoms with Crippen LogP contribution >= 0.6 is 17.0 Å². The van der Waals surface area contributed by atoms with Crippen molar-refractivity contribution in [2.75, 3.05) is 7.11 Å². The molecule has 184 valence electrons. The SMILES string of the molecule is Br.COCc1cc(C(=O)Cn2c(=N)n(Cc3ccccc3)c3ccccc32)cc(C(C)(C)C)c1O. The highest BCUT2D eigenvalue weighted by Crippen LogP contribution is 2.35. The molecule has 2 N–H and O–H groups in total. The largest absolute Gasteiger partial charge is 0.507 e. The number of ketones is 1. The minimum Gasteiger partial charge on any atom is -0.507 e. The second kappa shape index (κ2) is 10.6. The number of imidazole rings is 1. The normalized spacial score (nSPS) is 11.4. The van der Waals surface area contributed by atoms with Gasteiger partial charge in [0.2, 0.25) is 5.62 Å². The molecule has 0 saturated heterocycles. The minimum atomic E-state index is -0.345. The number of benzene rings is 3. The molecule has 0 aliphatic carbocycles. The van der Waals surface area contributed by atoms with Gasteiger partial charge in [-0.3, -0.25) is 10.2 Å². The Balaban J connectivity index is 0.00000342. The highest BCUT2D eigenvalue weighted by Gasteiger charge is 2.24. The molecule has 6 nitrogen and oxygen atoms in total. The number of Topliss-reactive ketones (excluding diaryl/α,β-unsaturated/α-hetero) is 1. The van der Waals surface area contributed by atoms with Gasteiger partial charge >= 0.3 is 0 Å². The minimum absolute atomic E-state index is 0. The van der Waals surface area contributed by atoms with Crippen LogP contribution in [0.3, 0.4) is 0 Å². The summed E-state index contributed by atoms with van der Waals surface area (Å²) in [5, 5.41) is 19.6. The van der Waals surface area contributed by atoms with Crippen molar-refractivity contribution in [2.45, 2.75) is 45.9 Å². The zero-order valence-corrected chi connectivity index (χ0v) is 22.3. The summed E-state index contributed by atoms with van der Waals surface area (Å²) in [5.41, 5.74) is 4.55. The van der Waals surface area contributed by atoms with E-state index in [1.54, 1.807) is 23.8 Å². The molecular formula is C28H32BrN3O3. The quantitative estimate of drug-likeness (QED) is 0.302. The van der Waals surface area contributed by atoms with E-state index in [4.69, 9.17) is 10.1 Å². The molecule has 0 saturated carbocycles. The van der Waals surface area contributed by atoms with Gasteiger partial charge in [0.15, 0.2) is 5.78 Å². The van der Waals surface area contributed by atoms with Crippen LogP contribution in [0.4, 0.5) is 0 Å². The molecule has 0 amide bonds. The number of hydrogen-bond acceptors (Lipinski definition) is 4. The second-order valence-electron chi connectivity index (χ2n) is 9.61. The molecule has 4 aromatic rings. The fourth-order valence-electron chi connectivity index (χ4n) is 4.31. The number of rotatable bonds is 7. The van der Waals surface area contributed by atoms with Gasteiger partial charge in [0.25, 0.3) is 0 Å². The number of methoxy groups -OCH3 is 1. The topological polar surface area (TPSA) is 80.2 Å². The monoisotopic (exact) mass is 537 g/mol. The van der Waals surface area contributed by atoms with Crippen LogP contribution in [-0.2, 0) is 29.8 Å². The van der Waals surface area contributed by atoms with E-state index >= 15 is 0 Å². The maximum absolute atomic E-state index is 13.5. The van der Waals surface area contributed by atoms with E-state index < -0.39 is 0 Å². The van der Waals surface area contributed by atoms with Crippen molar-refractivity contribution < 1.29 is 14.6 Å². The highest BCUT2D eigenvalue weighted by molar-refractivity contribution is 8.93. The number of carbonyl (C=O) groups is 1. The van der Waals surface area contributed by atoms with Gasteiger partial charge in [0.05, 0.1) is 30.7 Å². The van der Waals surface area contributed by atoms with Gasteiger partial charge in [-0.2, -0.15) is 0 Å². The fourth-order valence-corrected chi connectivity index (χ4v) is 4.31. The van der Waals surface area contributed by atoms with Crippen molar-refractivity contribution >= 4 is 33.8 Å². The van der Waals surface area contributed by atoms with E-state index in [1.165, 1.54) is 0 Å². The van der Waals surface area contributed by atoms with E-state index in [2.05, 4.69) is 0 Å². The molecule has 0 atom stereocenters. The lowest BCUT2D eigenvalue weighted by Gasteiger charge is -2.23. The van der Waals surface area contributed by atoms with Crippen molar-refractivity contribution in [3.05, 3.63) is 94.6 Å². The first kappa shape index (κ1) is 26.4. The Morgan fingerprint density at radius 1 is 0.971 bits per heavy atom. The molecule has 3 aromatic carbocycles. The number of nitrogens with one attached hydrogen (secondary N) is 1. The average molecular weight is 538 g/mol. The summed E-state index contributed by atoms with van der Waals surface area (Å²) in [6.07, 6.45) is 0. The third-order valence-corrected chi connectivity index (χ3v) is 6.08. The molecule has 0 unspecified atom stereocenters. The number of ether oxygens (including phenoxy) is 1. The van der Waals surface area contributed by atoms with Gasteiger partial charge in [-0.1, -0.05) is 63.2 Å². The lowest BCUT2D eigenvalue weighted by Crippen LogP contribution is -2.28. The summed E-state index contributed by atoms with van der Waals surface area (Å²) in [6.45, 7) is 6.79. The summed E-state index contributed by atoms with van der Waals surface area (Å²) in [5.74, 6) is 0.0446. The molecule has 1 heterocycles. The van der Waals surface area contributed by atoms with Crippen molar-refractivity contribution in [1.29, 1.82) is 5.41 Å². The Kier molecular flexibility index (Phi) is 8.03. The molecule has 0 aliphatic rings. The molecule has 0 radical (unpaired) electrons. The predicted octanol–water partition coefficient (Wildman–Crippen LogP) is 5.58. The van der Waals surface area contributed by atoms with E-state index in [1.807, 2.05) is 79.9 Å². The maximum atomic E-state index is 13.5. The van der Waals surface area contributed by atoms with Gasteiger partial charge in [-0.25, -0.2) is 0 Å². The first-order chi connectivity index (χ1) is 16.2. The smallest absolute Gasteiger partial charge is 0.203 e. The summed E-state index contributed by atoms with van der Waals surface area (Å²) < 4.78 is 8.93. The Labute approximate surface area is 216 Å². The number of carbonyl (C=O) groups excluding carboxylic acids is 1. The number of aromatic hydroxyl groups is 1. The van der Waals surface area contributed by atoms with Crippen LogP contribution in [0.1, 0.15) is 47.8 Å². The summed E-state index contributed by atoms with van der Waals surface area (Å²) >= 11 is 0. The van der Waals surface area contributed by atoms with E-state index in [0.717, 1.165) is 16.6 Å². The Morgan fingerprint density at radius 2 is 1.57 bits per heavy atom. The number of para-hydroxylation sites is 2. The number of halogens is 1. The van der Waals surface area contributed by atoms with Crippen LogP contribution in [0.5, 0.6) is 5.75 Å². The molecular weight excluding hydrogens is 506 g/mol. The van der Waals surface area contributed by atoms with Crippen molar-refractivity contribution in [3.8, 4) is 5.75 Å². The summed E-state index contributed by atoms with van der Waals surface area (Å²) in [6, 6.07) is 21.3. The third-order valence-electron chi connectivity index (χ3n) is 6.08. The molecule has 4 rings (SSSR count). The van der Waals surface area contributed by atoms with Gasteiger partial charge < -0.3 is 19.0 Å². The molecule has 0 fully saturated rings. The van der Waals surface area contributed by atoms with E-state index in [0.29, 0.717) is 23.2 Å². The molecule has 1 aromatic heterocycles. The van der Waals surface area contributed by atoms with Gasteiger partial charge in [0.1, 0.15) is 5.75 Å². The molecule has 7 heteroatoms. The Bertz CT molecular complexity index is 1400. The van der Waals surface area contributed by atoms with Crippen LogP contribution in [0.15, 0.2) is 66.7 Å². The van der Waals surface area contributed by atoms with E-state index in [-0.39, 0.29) is 52.7 Å². The van der Waals surface area contributed by atoms with Crippen LogP contribution in [-0.4, -0.2) is 27.1 Å². The van der Waals surface area contributed by atoms with Gasteiger partial charge in [0, 0.05) is 23.8 Å². The number of fused-ring (bicyclic) bond motifs is 1. The second-order valence-corrected chi connectivity index (χ2v) is 9.61. The van der Waals surface area contributed by atoms with E-state index in [9.17, 15) is 9.90 Å². The standard InChI is InChI=1S/C28H31N3O3.BrH/c1-28(2,3)22-15-20(14-21(18-34-4)26(22)33)25(32)17-31-24-13-9-8-12-23(24)30(27(31)29)16-19-10-6-5-7-11-19;/h5-15,29,33H,16-18H2,1-4H3;1H.